The molecule has 0 radical (unpaired) electrons. The second-order valence-electron chi connectivity index (χ2n) is 10.8. The largest absolute Gasteiger partial charge is 0.489 e. The summed E-state index contributed by atoms with van der Waals surface area (Å²) in [6.07, 6.45) is 2.68. The summed E-state index contributed by atoms with van der Waals surface area (Å²) in [5.74, 6) is -0.193. The molecule has 1 aromatic heterocycles. The van der Waals surface area contributed by atoms with Gasteiger partial charge in [-0.25, -0.2) is 4.39 Å². The lowest BCUT2D eigenvalue weighted by Gasteiger charge is -2.37. The fraction of sp³-hybridized carbons (Fsp3) is 0.333. The van der Waals surface area contributed by atoms with Crippen molar-refractivity contribution in [2.75, 3.05) is 39.5 Å². The van der Waals surface area contributed by atoms with Gasteiger partial charge < -0.3 is 14.2 Å². The monoisotopic (exact) mass is 624 g/mol. The number of ether oxygens (including phenoxy) is 3. The third-order valence-corrected chi connectivity index (χ3v) is 8.91. The lowest BCUT2D eigenvalue weighted by Crippen LogP contribution is -2.49. The molecule has 4 aromatic rings. The van der Waals surface area contributed by atoms with Crippen LogP contribution in [0.2, 0.25) is 5.02 Å². The molecule has 6 rings (SSSR count). The van der Waals surface area contributed by atoms with Crippen LogP contribution in [0.15, 0.2) is 66.7 Å². The summed E-state index contributed by atoms with van der Waals surface area (Å²) < 4.78 is 49.7. The quantitative estimate of drug-likeness (QED) is 0.160. The topological polar surface area (TPSA) is 60.9 Å². The fourth-order valence-electron chi connectivity index (χ4n) is 5.32. The van der Waals surface area contributed by atoms with E-state index in [4.69, 9.17) is 25.8 Å². The van der Waals surface area contributed by atoms with Crippen molar-refractivity contribution >= 4 is 28.9 Å². The molecule has 2 fully saturated rings. The van der Waals surface area contributed by atoms with Crippen molar-refractivity contribution in [2.45, 2.75) is 25.6 Å². The SMILES string of the molecule is O=C(c1ccc(OCCN2CC(CF)C2)c(F)c1)c1c(-c2ccccc2Cl)nsc1-c1ccc(OC2CCCCO2)cc1. The molecular formula is C33H31ClF2N2O4S. The van der Waals surface area contributed by atoms with Gasteiger partial charge in [0.05, 0.1) is 34.4 Å². The van der Waals surface area contributed by atoms with E-state index in [2.05, 4.69) is 9.27 Å². The summed E-state index contributed by atoms with van der Waals surface area (Å²) in [6, 6.07) is 18.9. The molecule has 0 amide bonds. The maximum atomic E-state index is 15.1. The van der Waals surface area contributed by atoms with Gasteiger partial charge in [0.2, 0.25) is 0 Å². The molecule has 3 aromatic carbocycles. The molecule has 0 aliphatic carbocycles. The van der Waals surface area contributed by atoms with Gasteiger partial charge in [0.25, 0.3) is 0 Å². The minimum absolute atomic E-state index is 0.0617. The molecule has 0 bridgehead atoms. The number of alkyl halides is 1. The van der Waals surface area contributed by atoms with Gasteiger partial charge >= 0.3 is 0 Å². The van der Waals surface area contributed by atoms with E-state index in [1.54, 1.807) is 12.1 Å². The number of hydrogen-bond donors (Lipinski definition) is 0. The zero-order valence-electron chi connectivity index (χ0n) is 23.4. The normalized spacial score (nSPS) is 17.4. The number of carbonyl (C=O) groups is 1. The van der Waals surface area contributed by atoms with E-state index in [0.29, 0.717) is 58.7 Å². The maximum absolute atomic E-state index is 15.1. The first-order valence-corrected chi connectivity index (χ1v) is 15.5. The molecule has 0 N–H and O–H groups in total. The van der Waals surface area contributed by atoms with E-state index in [1.165, 1.54) is 23.7 Å². The van der Waals surface area contributed by atoms with Crippen LogP contribution in [0.25, 0.3) is 21.7 Å². The predicted octanol–water partition coefficient (Wildman–Crippen LogP) is 7.69. The molecule has 2 aliphatic rings. The molecule has 43 heavy (non-hydrogen) atoms. The van der Waals surface area contributed by atoms with Gasteiger partial charge in [-0.2, -0.15) is 4.37 Å². The molecule has 6 nitrogen and oxygen atoms in total. The predicted molar refractivity (Wildman–Crippen MR) is 163 cm³/mol. The molecule has 224 valence electrons. The Morgan fingerprint density at radius 3 is 2.63 bits per heavy atom. The van der Waals surface area contributed by atoms with Crippen LogP contribution < -0.4 is 9.47 Å². The number of ketones is 1. The lowest BCUT2D eigenvalue weighted by molar-refractivity contribution is -0.105. The Bertz CT molecular complexity index is 1570. The van der Waals surface area contributed by atoms with E-state index in [-0.39, 0.29) is 42.6 Å². The number of benzene rings is 3. The van der Waals surface area contributed by atoms with Gasteiger partial charge in [-0.1, -0.05) is 29.8 Å². The Morgan fingerprint density at radius 2 is 1.91 bits per heavy atom. The molecule has 2 saturated heterocycles. The summed E-state index contributed by atoms with van der Waals surface area (Å²) >= 11 is 7.71. The van der Waals surface area contributed by atoms with Crippen molar-refractivity contribution in [1.82, 2.24) is 9.27 Å². The summed E-state index contributed by atoms with van der Waals surface area (Å²) in [5, 5.41) is 0.458. The van der Waals surface area contributed by atoms with Crippen LogP contribution in [-0.2, 0) is 4.74 Å². The van der Waals surface area contributed by atoms with Crippen LogP contribution in [0.3, 0.4) is 0 Å². The van der Waals surface area contributed by atoms with Gasteiger partial charge in [-0.05, 0) is 78.5 Å². The highest BCUT2D eigenvalue weighted by Gasteiger charge is 2.27. The molecule has 0 saturated carbocycles. The number of likely N-dealkylation sites (tertiary alicyclic amines) is 1. The molecule has 0 spiro atoms. The van der Waals surface area contributed by atoms with E-state index in [1.807, 2.05) is 42.5 Å². The standard InChI is InChI=1S/C33H31ClF2N2O4S/c34-26-6-2-1-5-25(26)31-30(33(43-37-31)22-8-11-24(12-9-22)42-29-7-3-4-15-41-29)32(39)23-10-13-28(27(36)17-23)40-16-14-38-19-21(18-35)20-38/h1-2,5-6,8-13,17,21,29H,3-4,7,14-16,18-20H2. The number of hydrogen-bond acceptors (Lipinski definition) is 7. The number of carbonyl (C=O) groups excluding carboxylic acids is 1. The maximum Gasteiger partial charge on any atom is 0.199 e. The van der Waals surface area contributed by atoms with Crippen LogP contribution in [0, 0.1) is 11.7 Å². The first-order chi connectivity index (χ1) is 21.0. The van der Waals surface area contributed by atoms with Crippen molar-refractivity contribution in [3.63, 3.8) is 0 Å². The number of halogens is 3. The third kappa shape index (κ3) is 6.75. The van der Waals surface area contributed by atoms with Crippen molar-refractivity contribution in [3.05, 3.63) is 88.7 Å². The third-order valence-electron chi connectivity index (χ3n) is 7.68. The molecule has 2 aliphatic heterocycles. The second-order valence-corrected chi connectivity index (χ2v) is 11.9. The van der Waals surface area contributed by atoms with E-state index >= 15 is 4.39 Å². The van der Waals surface area contributed by atoms with Gasteiger partial charge in [0.15, 0.2) is 23.6 Å². The van der Waals surface area contributed by atoms with Crippen molar-refractivity contribution in [2.24, 2.45) is 5.92 Å². The van der Waals surface area contributed by atoms with Crippen LogP contribution in [0.1, 0.15) is 35.2 Å². The highest BCUT2D eigenvalue weighted by atomic mass is 35.5. The first-order valence-electron chi connectivity index (χ1n) is 14.4. The van der Waals surface area contributed by atoms with Crippen molar-refractivity contribution < 1.29 is 27.8 Å². The van der Waals surface area contributed by atoms with E-state index in [9.17, 15) is 9.18 Å². The zero-order chi connectivity index (χ0) is 29.8. The van der Waals surface area contributed by atoms with Crippen LogP contribution in [0.5, 0.6) is 11.5 Å². The van der Waals surface area contributed by atoms with Crippen molar-refractivity contribution in [3.8, 4) is 33.2 Å². The Morgan fingerprint density at radius 1 is 1.09 bits per heavy atom. The smallest absolute Gasteiger partial charge is 0.199 e. The molecular weight excluding hydrogens is 594 g/mol. The molecule has 3 heterocycles. The highest BCUT2D eigenvalue weighted by molar-refractivity contribution is 7.10. The van der Waals surface area contributed by atoms with Crippen LogP contribution >= 0.6 is 23.1 Å². The average molecular weight is 625 g/mol. The first kappa shape index (κ1) is 29.7. The van der Waals surface area contributed by atoms with Crippen LogP contribution in [-0.4, -0.2) is 60.9 Å². The Labute approximate surface area is 258 Å². The molecule has 1 unspecified atom stereocenters. The van der Waals surface area contributed by atoms with Crippen LogP contribution in [0.4, 0.5) is 8.78 Å². The number of aromatic nitrogens is 1. The highest BCUT2D eigenvalue weighted by Crippen LogP contribution is 2.40. The minimum Gasteiger partial charge on any atom is -0.489 e. The van der Waals surface area contributed by atoms with E-state index in [0.717, 1.165) is 24.8 Å². The van der Waals surface area contributed by atoms with E-state index < -0.39 is 5.82 Å². The van der Waals surface area contributed by atoms with Gasteiger partial charge in [-0.3, -0.25) is 14.1 Å². The number of rotatable bonds is 11. The minimum atomic E-state index is -0.633. The fourth-order valence-corrected chi connectivity index (χ4v) is 6.44. The Balaban J connectivity index is 1.25. The Kier molecular flexibility index (Phi) is 9.33. The lowest BCUT2D eigenvalue weighted by atomic mass is 9.95. The number of nitrogens with zero attached hydrogens (tertiary/aromatic N) is 2. The average Bonchev–Trinajstić information content (AvgIpc) is 3.44. The Hall–Kier alpha value is -3.37. The summed E-state index contributed by atoms with van der Waals surface area (Å²) in [7, 11) is 0. The van der Waals surface area contributed by atoms with Crippen molar-refractivity contribution in [1.29, 1.82) is 0 Å². The summed E-state index contributed by atoms with van der Waals surface area (Å²) in [4.78, 5) is 16.7. The zero-order valence-corrected chi connectivity index (χ0v) is 25.0. The second kappa shape index (κ2) is 13.5. The van der Waals surface area contributed by atoms with Gasteiger partial charge in [-0.15, -0.1) is 0 Å². The van der Waals surface area contributed by atoms with Gasteiger partial charge in [0.1, 0.15) is 12.4 Å². The van der Waals surface area contributed by atoms with Gasteiger partial charge in [0, 0.05) is 43.1 Å². The molecule has 1 atom stereocenters. The molecule has 10 heteroatoms. The summed E-state index contributed by atoms with van der Waals surface area (Å²) in [5.41, 5.74) is 2.34. The summed E-state index contributed by atoms with van der Waals surface area (Å²) in [6.45, 7) is 2.59.